The molecule has 0 bridgehead atoms. The predicted molar refractivity (Wildman–Crippen MR) is 51.8 cm³/mol. The Morgan fingerprint density at radius 3 is 2.46 bits per heavy atom. The van der Waals surface area contributed by atoms with Crippen molar-refractivity contribution >= 4 is 11.6 Å². The van der Waals surface area contributed by atoms with Gasteiger partial charge in [-0.25, -0.2) is 0 Å². The first-order valence-electron chi connectivity index (χ1n) is 4.04. The highest BCUT2D eigenvalue weighted by Gasteiger charge is 1.92. The zero-order chi connectivity index (χ0) is 9.68. The lowest BCUT2D eigenvalue weighted by Crippen LogP contribution is -2.26. The lowest BCUT2D eigenvalue weighted by atomic mass is 10.2. The summed E-state index contributed by atoms with van der Waals surface area (Å²) in [7, 11) is 0. The second-order valence-corrected chi connectivity index (χ2v) is 2.71. The van der Waals surface area contributed by atoms with Crippen LogP contribution in [-0.4, -0.2) is 5.91 Å². The average Bonchev–Trinajstić information content (AvgIpc) is 2.15. The van der Waals surface area contributed by atoms with E-state index in [9.17, 15) is 4.79 Å². The van der Waals surface area contributed by atoms with E-state index in [1.807, 2.05) is 24.3 Å². The van der Waals surface area contributed by atoms with Gasteiger partial charge in [-0.2, -0.15) is 0 Å². The number of hydrazine groups is 1. The van der Waals surface area contributed by atoms with Crippen LogP contribution in [0.4, 0.5) is 5.69 Å². The number of nitrogens with one attached hydrogen (secondary N) is 2. The summed E-state index contributed by atoms with van der Waals surface area (Å²) in [4.78, 5) is 10.5. The topological polar surface area (TPSA) is 67.2 Å². The number of carbonyl (C=O) groups excluding carboxylic acids is 1. The molecular weight excluding hydrogens is 166 g/mol. The molecule has 70 valence electrons. The quantitative estimate of drug-likeness (QED) is 0.595. The Hall–Kier alpha value is -1.55. The molecule has 0 radical (unpaired) electrons. The van der Waals surface area contributed by atoms with Gasteiger partial charge in [0.05, 0.1) is 5.69 Å². The van der Waals surface area contributed by atoms with Gasteiger partial charge >= 0.3 is 0 Å². The monoisotopic (exact) mass is 179 g/mol. The van der Waals surface area contributed by atoms with E-state index in [4.69, 9.17) is 5.73 Å². The second kappa shape index (κ2) is 4.47. The maximum Gasteiger partial charge on any atom is 0.235 e. The van der Waals surface area contributed by atoms with Crippen LogP contribution in [0, 0.1) is 0 Å². The summed E-state index contributed by atoms with van der Waals surface area (Å²) in [6.45, 7) is 1.97. The van der Waals surface area contributed by atoms with Crippen molar-refractivity contribution in [2.45, 2.75) is 13.5 Å². The number of hydrogen-bond donors (Lipinski definition) is 3. The van der Waals surface area contributed by atoms with Gasteiger partial charge < -0.3 is 5.73 Å². The van der Waals surface area contributed by atoms with Crippen LogP contribution in [-0.2, 0) is 11.3 Å². The number of amides is 1. The van der Waals surface area contributed by atoms with Crippen molar-refractivity contribution in [2.75, 3.05) is 5.43 Å². The highest BCUT2D eigenvalue weighted by molar-refractivity contribution is 5.74. The minimum Gasteiger partial charge on any atom is -0.326 e. The van der Waals surface area contributed by atoms with Crippen LogP contribution in [0.15, 0.2) is 24.3 Å². The third-order valence-electron chi connectivity index (χ3n) is 1.57. The second-order valence-electron chi connectivity index (χ2n) is 2.71. The number of nitrogens with two attached hydrogens (primary N) is 1. The molecule has 1 amide bonds. The van der Waals surface area contributed by atoms with Gasteiger partial charge in [-0.05, 0) is 17.7 Å². The maximum atomic E-state index is 10.5. The Balaban J connectivity index is 2.54. The molecule has 0 aliphatic carbocycles. The van der Waals surface area contributed by atoms with Gasteiger partial charge in [0.15, 0.2) is 0 Å². The molecule has 13 heavy (non-hydrogen) atoms. The first-order chi connectivity index (χ1) is 6.22. The van der Waals surface area contributed by atoms with E-state index in [2.05, 4.69) is 10.9 Å². The Kier molecular flexibility index (Phi) is 3.28. The standard InChI is InChI=1S/C9H13N3O/c1-7(13)11-12-9-4-2-8(6-10)3-5-9/h2-5,12H,6,10H2,1H3,(H,11,13). The molecule has 0 saturated heterocycles. The van der Waals surface area contributed by atoms with Crippen LogP contribution in [0.3, 0.4) is 0 Å². The number of benzene rings is 1. The minimum atomic E-state index is -0.122. The molecule has 0 unspecified atom stereocenters. The van der Waals surface area contributed by atoms with Crippen molar-refractivity contribution in [1.82, 2.24) is 5.43 Å². The van der Waals surface area contributed by atoms with E-state index in [0.29, 0.717) is 6.54 Å². The lowest BCUT2D eigenvalue weighted by Gasteiger charge is -2.06. The number of rotatable bonds is 3. The molecule has 4 nitrogen and oxygen atoms in total. The van der Waals surface area contributed by atoms with Gasteiger partial charge in [0, 0.05) is 13.5 Å². The van der Waals surface area contributed by atoms with E-state index >= 15 is 0 Å². The summed E-state index contributed by atoms with van der Waals surface area (Å²) in [5, 5.41) is 0. The Morgan fingerprint density at radius 1 is 1.38 bits per heavy atom. The van der Waals surface area contributed by atoms with Crippen molar-refractivity contribution in [1.29, 1.82) is 0 Å². The van der Waals surface area contributed by atoms with E-state index in [1.54, 1.807) is 0 Å². The fourth-order valence-corrected chi connectivity index (χ4v) is 0.884. The van der Waals surface area contributed by atoms with Crippen molar-refractivity contribution in [3.8, 4) is 0 Å². The third kappa shape index (κ3) is 3.13. The maximum absolute atomic E-state index is 10.5. The number of hydrogen-bond acceptors (Lipinski definition) is 3. The SMILES string of the molecule is CC(=O)NNc1ccc(CN)cc1. The lowest BCUT2D eigenvalue weighted by molar-refractivity contribution is -0.118. The van der Waals surface area contributed by atoms with Crippen molar-refractivity contribution in [3.05, 3.63) is 29.8 Å². The summed E-state index contributed by atoms with van der Waals surface area (Å²) in [5.74, 6) is -0.122. The van der Waals surface area contributed by atoms with Crippen LogP contribution in [0.25, 0.3) is 0 Å². The molecule has 1 aromatic carbocycles. The smallest absolute Gasteiger partial charge is 0.235 e. The largest absolute Gasteiger partial charge is 0.326 e. The molecule has 0 atom stereocenters. The average molecular weight is 179 g/mol. The van der Waals surface area contributed by atoms with Gasteiger partial charge in [0.25, 0.3) is 0 Å². The summed E-state index contributed by atoms with van der Waals surface area (Å²) in [5.41, 5.74) is 12.6. The minimum absolute atomic E-state index is 0.122. The summed E-state index contributed by atoms with van der Waals surface area (Å²) >= 11 is 0. The van der Waals surface area contributed by atoms with Gasteiger partial charge in [-0.15, -0.1) is 0 Å². The Labute approximate surface area is 77.1 Å². The molecule has 0 aromatic heterocycles. The van der Waals surface area contributed by atoms with Crippen LogP contribution in [0.1, 0.15) is 12.5 Å². The van der Waals surface area contributed by atoms with Gasteiger partial charge in [0.1, 0.15) is 0 Å². The molecule has 4 N–H and O–H groups in total. The highest BCUT2D eigenvalue weighted by Crippen LogP contribution is 2.07. The molecule has 0 fully saturated rings. The van der Waals surface area contributed by atoms with E-state index < -0.39 is 0 Å². The predicted octanol–water partition coefficient (Wildman–Crippen LogP) is 0.608. The first-order valence-corrected chi connectivity index (χ1v) is 4.04. The number of carbonyl (C=O) groups is 1. The van der Waals surface area contributed by atoms with E-state index in [-0.39, 0.29) is 5.91 Å². The molecule has 0 spiro atoms. The Bertz CT molecular complexity index is 281. The summed E-state index contributed by atoms with van der Waals surface area (Å²) in [6, 6.07) is 7.53. The van der Waals surface area contributed by atoms with Gasteiger partial charge in [-0.1, -0.05) is 12.1 Å². The molecule has 0 heterocycles. The van der Waals surface area contributed by atoms with E-state index in [1.165, 1.54) is 6.92 Å². The molecule has 4 heteroatoms. The van der Waals surface area contributed by atoms with Crippen LogP contribution < -0.4 is 16.6 Å². The van der Waals surface area contributed by atoms with Crippen LogP contribution in [0.2, 0.25) is 0 Å². The van der Waals surface area contributed by atoms with Gasteiger partial charge in [-0.3, -0.25) is 15.6 Å². The van der Waals surface area contributed by atoms with Crippen molar-refractivity contribution in [3.63, 3.8) is 0 Å². The van der Waals surface area contributed by atoms with E-state index in [0.717, 1.165) is 11.3 Å². The molecule has 1 rings (SSSR count). The normalized spacial score (nSPS) is 9.38. The van der Waals surface area contributed by atoms with Crippen molar-refractivity contribution in [2.24, 2.45) is 5.73 Å². The van der Waals surface area contributed by atoms with Crippen LogP contribution in [0.5, 0.6) is 0 Å². The summed E-state index contributed by atoms with van der Waals surface area (Å²) < 4.78 is 0. The number of anilines is 1. The van der Waals surface area contributed by atoms with Crippen molar-refractivity contribution < 1.29 is 4.79 Å². The van der Waals surface area contributed by atoms with Gasteiger partial charge in [0.2, 0.25) is 5.91 Å². The zero-order valence-electron chi connectivity index (χ0n) is 7.50. The highest BCUT2D eigenvalue weighted by atomic mass is 16.2. The molecule has 1 aromatic rings. The molecule has 0 aliphatic rings. The third-order valence-corrected chi connectivity index (χ3v) is 1.57. The Morgan fingerprint density at radius 2 is 2.00 bits per heavy atom. The molecule has 0 aliphatic heterocycles. The molecular formula is C9H13N3O. The fraction of sp³-hybridized carbons (Fsp3) is 0.222. The summed E-state index contributed by atoms with van der Waals surface area (Å²) in [6.07, 6.45) is 0. The first kappa shape index (κ1) is 9.54. The molecule has 0 saturated carbocycles. The fourth-order valence-electron chi connectivity index (χ4n) is 0.884. The van der Waals surface area contributed by atoms with Crippen LogP contribution >= 0.6 is 0 Å². The zero-order valence-corrected chi connectivity index (χ0v) is 7.50.